The van der Waals surface area contributed by atoms with E-state index in [1.54, 1.807) is 0 Å². The molecule has 5 aliphatic carbocycles. The summed E-state index contributed by atoms with van der Waals surface area (Å²) in [4.78, 5) is 12.7. The summed E-state index contributed by atoms with van der Waals surface area (Å²) in [5, 5.41) is 10.8. The maximum Gasteiger partial charge on any atom is 0.130 e. The summed E-state index contributed by atoms with van der Waals surface area (Å²) >= 11 is 0. The summed E-state index contributed by atoms with van der Waals surface area (Å²) in [6.07, 6.45) is 15.5. The van der Waals surface area contributed by atoms with Gasteiger partial charge in [-0.1, -0.05) is 18.1 Å². The quantitative estimate of drug-likeness (QED) is 0.497. The number of aliphatic hydroxyl groups excluding tert-OH is 1. The lowest BCUT2D eigenvalue weighted by atomic mass is 9.44. The number of aliphatic hydroxyl groups is 1. The lowest BCUT2D eigenvalue weighted by molar-refractivity contribution is -0.136. The zero-order valence-corrected chi connectivity index (χ0v) is 18.3. The average molecular weight is 399 g/mol. The van der Waals surface area contributed by atoms with E-state index >= 15 is 0 Å². The fraction of sp³-hybridized carbons (Fsp3) is 0.808. The Morgan fingerprint density at radius 2 is 2.03 bits per heavy atom. The van der Waals surface area contributed by atoms with Gasteiger partial charge in [-0.05, 0) is 100 Å². The third-order valence-corrected chi connectivity index (χ3v) is 9.87. The van der Waals surface area contributed by atoms with Gasteiger partial charge in [0.25, 0.3) is 0 Å². The first-order valence-corrected chi connectivity index (χ1v) is 12.1. The second-order valence-corrected chi connectivity index (χ2v) is 11.0. The summed E-state index contributed by atoms with van der Waals surface area (Å²) in [5.41, 5.74) is 2.74. The minimum absolute atomic E-state index is 0.0288. The molecule has 0 unspecified atom stereocenters. The average Bonchev–Trinajstić information content (AvgIpc) is 3.34. The Hall–Kier alpha value is -1.09. The van der Waals surface area contributed by atoms with Crippen LogP contribution in [0.25, 0.3) is 0 Å². The first-order chi connectivity index (χ1) is 14.0. The molecule has 0 aromatic heterocycles. The highest BCUT2D eigenvalue weighted by Crippen LogP contribution is 2.66. The van der Waals surface area contributed by atoms with Gasteiger partial charge in [0.05, 0.1) is 23.9 Å². The first-order valence-electron chi connectivity index (χ1n) is 12.1. The molecular weight excluding hydrogens is 360 g/mol. The van der Waals surface area contributed by atoms with Gasteiger partial charge in [0, 0.05) is 12.3 Å². The third kappa shape index (κ3) is 2.90. The van der Waals surface area contributed by atoms with Gasteiger partial charge in [-0.2, -0.15) is 0 Å². The van der Waals surface area contributed by atoms with Crippen LogP contribution in [-0.2, 0) is 9.53 Å². The molecule has 0 radical (unpaired) electrons. The van der Waals surface area contributed by atoms with E-state index < -0.39 is 0 Å². The maximum atomic E-state index is 12.7. The monoisotopic (exact) mass is 398 g/mol. The summed E-state index contributed by atoms with van der Waals surface area (Å²) in [5.74, 6) is 3.14. The van der Waals surface area contributed by atoms with Crippen molar-refractivity contribution < 1.29 is 14.6 Å². The molecule has 160 valence electrons. The Bertz CT molecular complexity index is 736. The van der Waals surface area contributed by atoms with E-state index in [9.17, 15) is 9.90 Å². The molecule has 0 bridgehead atoms. The van der Waals surface area contributed by atoms with E-state index in [0.717, 1.165) is 70.8 Å². The number of hydrogen-bond acceptors (Lipinski definition) is 3. The van der Waals surface area contributed by atoms with Crippen LogP contribution in [0.3, 0.4) is 0 Å². The normalized spacial score (nSPS) is 46.6. The number of allylic oxidation sites excluding steroid dienone is 4. The van der Waals surface area contributed by atoms with Crippen LogP contribution in [0.2, 0.25) is 0 Å². The van der Waals surface area contributed by atoms with Crippen molar-refractivity contribution in [1.82, 2.24) is 0 Å². The van der Waals surface area contributed by atoms with Crippen LogP contribution in [-0.4, -0.2) is 24.1 Å². The second-order valence-electron chi connectivity index (χ2n) is 11.0. The van der Waals surface area contributed by atoms with Gasteiger partial charge in [0.2, 0.25) is 0 Å². The number of carbonyl (C=O) groups is 1. The van der Waals surface area contributed by atoms with Crippen molar-refractivity contribution in [3.63, 3.8) is 0 Å². The Morgan fingerprint density at radius 3 is 2.79 bits per heavy atom. The largest absolute Gasteiger partial charge is 0.498 e. The molecule has 0 spiro atoms. The van der Waals surface area contributed by atoms with Crippen LogP contribution in [0.4, 0.5) is 0 Å². The molecule has 0 heterocycles. The van der Waals surface area contributed by atoms with E-state index in [0.29, 0.717) is 23.7 Å². The summed E-state index contributed by atoms with van der Waals surface area (Å²) in [6.45, 7) is 5.40. The second kappa shape index (κ2) is 7.25. The van der Waals surface area contributed by atoms with E-state index in [-0.39, 0.29) is 16.9 Å². The summed E-state index contributed by atoms with van der Waals surface area (Å²) in [7, 11) is 0. The first kappa shape index (κ1) is 19.8. The van der Waals surface area contributed by atoms with Crippen molar-refractivity contribution in [2.75, 3.05) is 6.61 Å². The van der Waals surface area contributed by atoms with Crippen molar-refractivity contribution in [3.05, 3.63) is 23.0 Å². The van der Waals surface area contributed by atoms with Gasteiger partial charge in [-0.15, -0.1) is 0 Å². The standard InChI is InChI=1S/C26H38O3/c1-17-6-5-12-26(16-27)21-11-13-25(2)20(9-10-23(25)28)24(21)18(14-22(17)26)15-29-19-7-3-4-8-19/h7,16,18,20-21,23-24,28H,3-6,8-15H2,1-2H3/t18-,20-,21-,23-,24-,25-,26-/m0/s1. The minimum Gasteiger partial charge on any atom is -0.498 e. The zero-order valence-electron chi connectivity index (χ0n) is 18.3. The SMILES string of the molecule is CC1=C2C[C@@H](COC3=CCCC3)[C@H]3[C@@H]4CC[C@H](O)[C@@]4(C)CC[C@@H]3[C@@]2(C=O)CCC1. The van der Waals surface area contributed by atoms with Gasteiger partial charge < -0.3 is 14.6 Å². The van der Waals surface area contributed by atoms with Crippen LogP contribution >= 0.6 is 0 Å². The number of carbonyl (C=O) groups excluding carboxylic acids is 1. The Balaban J connectivity index is 1.52. The third-order valence-electron chi connectivity index (χ3n) is 9.87. The zero-order chi connectivity index (χ0) is 20.2. The van der Waals surface area contributed by atoms with Crippen LogP contribution in [0.5, 0.6) is 0 Å². The fourth-order valence-electron chi connectivity index (χ4n) is 8.32. The predicted octanol–water partition coefficient (Wildman–Crippen LogP) is 5.58. The molecule has 5 aliphatic rings. The minimum atomic E-state index is -0.231. The van der Waals surface area contributed by atoms with Crippen LogP contribution in [0.1, 0.15) is 84.5 Å². The van der Waals surface area contributed by atoms with E-state index in [1.807, 2.05) is 0 Å². The number of hydrogen-bond donors (Lipinski definition) is 1. The molecule has 1 N–H and O–H groups in total. The number of fused-ring (bicyclic) bond motifs is 5. The molecule has 29 heavy (non-hydrogen) atoms. The Labute approximate surface area is 176 Å². The summed E-state index contributed by atoms with van der Waals surface area (Å²) < 4.78 is 6.37. The van der Waals surface area contributed by atoms with Gasteiger partial charge >= 0.3 is 0 Å². The van der Waals surface area contributed by atoms with Crippen molar-refractivity contribution >= 4 is 6.29 Å². The van der Waals surface area contributed by atoms with Crippen LogP contribution in [0.15, 0.2) is 23.0 Å². The molecule has 0 saturated heterocycles. The molecule has 0 aromatic carbocycles. The predicted molar refractivity (Wildman–Crippen MR) is 114 cm³/mol. The molecule has 3 fully saturated rings. The van der Waals surface area contributed by atoms with E-state index in [4.69, 9.17) is 4.74 Å². The topological polar surface area (TPSA) is 46.5 Å². The molecule has 7 atom stereocenters. The highest BCUT2D eigenvalue weighted by molar-refractivity contribution is 5.68. The Kier molecular flexibility index (Phi) is 4.96. The van der Waals surface area contributed by atoms with Crippen LogP contribution in [0, 0.1) is 34.5 Å². The number of aldehydes is 1. The maximum absolute atomic E-state index is 12.7. The van der Waals surface area contributed by atoms with E-state index in [2.05, 4.69) is 19.9 Å². The molecule has 3 nitrogen and oxygen atoms in total. The number of rotatable bonds is 4. The Morgan fingerprint density at radius 1 is 1.17 bits per heavy atom. The highest BCUT2D eigenvalue weighted by Gasteiger charge is 2.62. The van der Waals surface area contributed by atoms with Crippen molar-refractivity contribution in [2.45, 2.75) is 90.6 Å². The van der Waals surface area contributed by atoms with E-state index in [1.165, 1.54) is 29.6 Å². The van der Waals surface area contributed by atoms with Gasteiger partial charge in [-0.3, -0.25) is 0 Å². The van der Waals surface area contributed by atoms with Gasteiger partial charge in [-0.25, -0.2) is 0 Å². The van der Waals surface area contributed by atoms with Gasteiger partial charge in [0.15, 0.2) is 0 Å². The smallest absolute Gasteiger partial charge is 0.130 e. The lowest BCUT2D eigenvalue weighted by Gasteiger charge is -2.59. The molecular formula is C26H38O3. The molecule has 0 amide bonds. The number of ether oxygens (including phenoxy) is 1. The van der Waals surface area contributed by atoms with Gasteiger partial charge in [0.1, 0.15) is 6.29 Å². The fourth-order valence-corrected chi connectivity index (χ4v) is 8.32. The molecule has 5 rings (SSSR count). The van der Waals surface area contributed by atoms with Crippen molar-refractivity contribution in [3.8, 4) is 0 Å². The molecule has 3 heteroatoms. The van der Waals surface area contributed by atoms with Crippen LogP contribution < -0.4 is 0 Å². The molecule has 3 saturated carbocycles. The molecule has 0 aromatic rings. The van der Waals surface area contributed by atoms with Crippen molar-refractivity contribution in [1.29, 1.82) is 0 Å². The van der Waals surface area contributed by atoms with Crippen molar-refractivity contribution in [2.24, 2.45) is 34.5 Å². The molecule has 0 aliphatic heterocycles. The lowest BCUT2D eigenvalue weighted by Crippen LogP contribution is -2.56. The highest BCUT2D eigenvalue weighted by atomic mass is 16.5. The summed E-state index contributed by atoms with van der Waals surface area (Å²) in [6, 6.07) is 0.